The van der Waals surface area contributed by atoms with Crippen LogP contribution in [0.1, 0.15) is 43.2 Å². The Morgan fingerprint density at radius 1 is 0.373 bits per heavy atom. The minimum absolute atomic E-state index is 0.139. The van der Waals surface area contributed by atoms with Gasteiger partial charge >= 0.3 is 0 Å². The molecule has 1 spiro atoms. The standard InChI is InChI=1S/C50H41N/c1-2-8-35(9-3-1)37-14-16-38(17-15-37)39-18-21-43(22-19-39)51(44-23-20-36-10-4-5-11-40(36)31-44)45-24-25-47-46-12-6-7-13-48(46)50(49(47)32-45)41-27-33-26-34(29-41)30-42(50)28-33/h1-25,31-34,41-42H,26-30H2. The van der Waals surface area contributed by atoms with E-state index in [9.17, 15) is 0 Å². The van der Waals surface area contributed by atoms with E-state index in [1.807, 2.05) is 0 Å². The Morgan fingerprint density at radius 2 is 0.882 bits per heavy atom. The maximum Gasteiger partial charge on any atom is 0.0468 e. The van der Waals surface area contributed by atoms with Gasteiger partial charge in [0.05, 0.1) is 0 Å². The lowest BCUT2D eigenvalue weighted by atomic mass is 9.43. The van der Waals surface area contributed by atoms with Gasteiger partial charge in [-0.15, -0.1) is 0 Å². The highest BCUT2D eigenvalue weighted by Gasteiger charge is 2.61. The molecule has 1 heteroatoms. The molecule has 7 aromatic rings. The summed E-state index contributed by atoms with van der Waals surface area (Å²) in [5.41, 5.74) is 14.9. The van der Waals surface area contributed by atoms with E-state index in [1.165, 1.54) is 93.3 Å². The van der Waals surface area contributed by atoms with Crippen LogP contribution in [-0.2, 0) is 5.41 Å². The highest BCUT2D eigenvalue weighted by Crippen LogP contribution is 2.69. The summed E-state index contributed by atoms with van der Waals surface area (Å²) >= 11 is 0. The molecule has 4 fully saturated rings. The molecule has 0 amide bonds. The van der Waals surface area contributed by atoms with Crippen molar-refractivity contribution in [1.29, 1.82) is 0 Å². The fraction of sp³-hybridized carbons (Fsp3) is 0.200. The van der Waals surface area contributed by atoms with E-state index in [4.69, 9.17) is 0 Å². The SMILES string of the molecule is c1ccc(-c2ccc(-c3ccc(N(c4ccc5c(c4)C4(c6ccccc6-5)C5CC6CC(C5)CC4C6)c4ccc5ccccc5c4)cc3)cc2)cc1. The average molecular weight is 656 g/mol. The molecule has 0 aromatic heterocycles. The van der Waals surface area contributed by atoms with Gasteiger partial charge in [0.1, 0.15) is 0 Å². The second-order valence-electron chi connectivity index (χ2n) is 15.8. The molecule has 0 aliphatic heterocycles. The van der Waals surface area contributed by atoms with Gasteiger partial charge in [-0.2, -0.15) is 0 Å². The summed E-state index contributed by atoms with van der Waals surface area (Å²) in [5.74, 6) is 3.35. The van der Waals surface area contributed by atoms with Crippen LogP contribution >= 0.6 is 0 Å². The first-order chi connectivity index (χ1) is 25.2. The number of anilines is 3. The molecule has 51 heavy (non-hydrogen) atoms. The maximum atomic E-state index is 2.61. The van der Waals surface area contributed by atoms with E-state index in [-0.39, 0.29) is 5.41 Å². The molecule has 246 valence electrons. The predicted octanol–water partition coefficient (Wildman–Crippen LogP) is 13.4. The third-order valence-electron chi connectivity index (χ3n) is 13.2. The first kappa shape index (κ1) is 29.3. The highest BCUT2D eigenvalue weighted by atomic mass is 15.1. The van der Waals surface area contributed by atoms with Crippen molar-refractivity contribution in [2.75, 3.05) is 4.90 Å². The van der Waals surface area contributed by atoms with Gasteiger partial charge in [0.2, 0.25) is 0 Å². The number of fused-ring (bicyclic) bond motifs is 4. The normalized spacial score (nSPS) is 23.8. The molecule has 4 bridgehead atoms. The Balaban J connectivity index is 1.04. The summed E-state index contributed by atoms with van der Waals surface area (Å²) in [4.78, 5) is 2.50. The summed E-state index contributed by atoms with van der Waals surface area (Å²) < 4.78 is 0. The second-order valence-corrected chi connectivity index (χ2v) is 15.8. The van der Waals surface area contributed by atoms with Crippen molar-refractivity contribution < 1.29 is 0 Å². The fourth-order valence-electron chi connectivity index (χ4n) is 11.3. The first-order valence-corrected chi connectivity index (χ1v) is 19.0. The van der Waals surface area contributed by atoms with E-state index in [0.29, 0.717) is 0 Å². The molecule has 0 N–H and O–H groups in total. The summed E-state index contributed by atoms with van der Waals surface area (Å²) in [6.07, 6.45) is 7.06. The molecule has 7 aromatic carbocycles. The molecule has 4 saturated carbocycles. The van der Waals surface area contributed by atoms with Crippen LogP contribution in [0.15, 0.2) is 164 Å². The van der Waals surface area contributed by atoms with E-state index < -0.39 is 0 Å². The van der Waals surface area contributed by atoms with Gasteiger partial charge in [-0.25, -0.2) is 0 Å². The number of rotatable bonds is 5. The summed E-state index contributed by atoms with van der Waals surface area (Å²) in [6.45, 7) is 0. The molecule has 0 unspecified atom stereocenters. The predicted molar refractivity (Wildman–Crippen MR) is 213 cm³/mol. The van der Waals surface area contributed by atoms with E-state index in [1.54, 1.807) is 11.1 Å². The van der Waals surface area contributed by atoms with Crippen LogP contribution in [0.5, 0.6) is 0 Å². The lowest BCUT2D eigenvalue weighted by molar-refractivity contribution is -0.0399. The van der Waals surface area contributed by atoms with Gasteiger partial charge in [0.15, 0.2) is 0 Å². The van der Waals surface area contributed by atoms with Crippen LogP contribution in [0.2, 0.25) is 0 Å². The van der Waals surface area contributed by atoms with Crippen molar-refractivity contribution in [2.45, 2.75) is 37.5 Å². The zero-order valence-electron chi connectivity index (χ0n) is 28.9. The van der Waals surface area contributed by atoms with Gasteiger partial charge in [0.25, 0.3) is 0 Å². The van der Waals surface area contributed by atoms with Crippen molar-refractivity contribution in [3.05, 3.63) is 175 Å². The Bertz CT molecular complexity index is 2390. The average Bonchev–Trinajstić information content (AvgIpc) is 3.47. The third-order valence-corrected chi connectivity index (χ3v) is 13.2. The molecule has 1 nitrogen and oxygen atoms in total. The lowest BCUT2D eigenvalue weighted by Gasteiger charge is -2.61. The largest absolute Gasteiger partial charge is 0.310 e. The molecule has 0 heterocycles. The Hall–Kier alpha value is -5.40. The molecule has 12 rings (SSSR count). The van der Waals surface area contributed by atoms with Gasteiger partial charge < -0.3 is 4.90 Å². The molecule has 0 saturated heterocycles. The van der Waals surface area contributed by atoms with Crippen molar-refractivity contribution >= 4 is 27.8 Å². The Kier molecular flexibility index (Phi) is 6.50. The number of benzene rings is 7. The van der Waals surface area contributed by atoms with Crippen molar-refractivity contribution in [2.24, 2.45) is 23.7 Å². The minimum atomic E-state index is 0.139. The van der Waals surface area contributed by atoms with Crippen LogP contribution in [0.4, 0.5) is 17.1 Å². The zero-order chi connectivity index (χ0) is 33.5. The molecule has 5 aliphatic carbocycles. The topological polar surface area (TPSA) is 3.24 Å². The molecule has 5 aliphatic rings. The quantitative estimate of drug-likeness (QED) is 0.178. The van der Waals surface area contributed by atoms with Crippen LogP contribution in [0.25, 0.3) is 44.2 Å². The van der Waals surface area contributed by atoms with E-state index >= 15 is 0 Å². The molecular weight excluding hydrogens is 615 g/mol. The monoisotopic (exact) mass is 655 g/mol. The highest BCUT2D eigenvalue weighted by molar-refractivity contribution is 5.91. The van der Waals surface area contributed by atoms with Crippen LogP contribution < -0.4 is 4.90 Å². The van der Waals surface area contributed by atoms with E-state index in [2.05, 4.69) is 169 Å². The van der Waals surface area contributed by atoms with Crippen molar-refractivity contribution in [3.8, 4) is 33.4 Å². The number of hydrogen-bond acceptors (Lipinski definition) is 1. The van der Waals surface area contributed by atoms with E-state index in [0.717, 1.165) is 23.7 Å². The van der Waals surface area contributed by atoms with Crippen LogP contribution in [0.3, 0.4) is 0 Å². The second kappa shape index (κ2) is 11.3. The molecular formula is C50H41N. The van der Waals surface area contributed by atoms with Gasteiger partial charge in [0, 0.05) is 22.5 Å². The third kappa shape index (κ3) is 4.47. The van der Waals surface area contributed by atoms with Gasteiger partial charge in [-0.3, -0.25) is 0 Å². The summed E-state index contributed by atoms with van der Waals surface area (Å²) in [5, 5.41) is 2.54. The summed E-state index contributed by atoms with van der Waals surface area (Å²) in [7, 11) is 0. The lowest BCUT2D eigenvalue weighted by Crippen LogP contribution is -2.55. The summed E-state index contributed by atoms with van der Waals surface area (Å²) in [6, 6.07) is 61.4. The van der Waals surface area contributed by atoms with Crippen molar-refractivity contribution in [3.63, 3.8) is 0 Å². The minimum Gasteiger partial charge on any atom is -0.310 e. The molecule has 0 atom stereocenters. The maximum absolute atomic E-state index is 2.61. The Morgan fingerprint density at radius 3 is 1.59 bits per heavy atom. The fourth-order valence-corrected chi connectivity index (χ4v) is 11.3. The smallest absolute Gasteiger partial charge is 0.0468 e. The van der Waals surface area contributed by atoms with Crippen molar-refractivity contribution in [1.82, 2.24) is 0 Å². The Labute approximate surface area is 301 Å². The zero-order valence-corrected chi connectivity index (χ0v) is 28.9. The van der Waals surface area contributed by atoms with Gasteiger partial charge in [-0.05, 0) is 147 Å². The van der Waals surface area contributed by atoms with Crippen LogP contribution in [-0.4, -0.2) is 0 Å². The number of nitrogens with zero attached hydrogens (tertiary/aromatic N) is 1. The first-order valence-electron chi connectivity index (χ1n) is 19.0. The van der Waals surface area contributed by atoms with Crippen LogP contribution in [0, 0.1) is 23.7 Å². The molecule has 0 radical (unpaired) electrons. The van der Waals surface area contributed by atoms with Gasteiger partial charge in [-0.1, -0.05) is 127 Å². The number of hydrogen-bond donors (Lipinski definition) is 0.